The summed E-state index contributed by atoms with van der Waals surface area (Å²) in [7, 11) is 0. The van der Waals surface area contributed by atoms with Gasteiger partial charge in [-0.2, -0.15) is 0 Å². The number of pyridine rings is 1. The molecule has 1 saturated heterocycles. The van der Waals surface area contributed by atoms with Gasteiger partial charge >= 0.3 is 0 Å². The first-order valence-electron chi connectivity index (χ1n) is 9.72. The van der Waals surface area contributed by atoms with Gasteiger partial charge in [0.05, 0.1) is 20.9 Å². The molecule has 3 aromatic heterocycles. The minimum absolute atomic E-state index is 0.0107. The van der Waals surface area contributed by atoms with E-state index in [9.17, 15) is 4.79 Å². The van der Waals surface area contributed by atoms with Crippen LogP contribution in [0.3, 0.4) is 0 Å². The first-order valence-corrected chi connectivity index (χ1v) is 10.5. The van der Waals surface area contributed by atoms with Crippen molar-refractivity contribution in [2.75, 3.05) is 13.1 Å². The van der Waals surface area contributed by atoms with Crippen molar-refractivity contribution >= 4 is 27.2 Å². The standard InChI is InChI=1S/C22H22N4OS/c1-15-8-9-20-23-17(11-21(27)26(20)12-15)14-25-10-4-5-16(13-25)22-24-18-6-2-3-7-19(18)28-22/h2-3,6-9,11-12,16H,4-5,10,13-14H2,1H3. The van der Waals surface area contributed by atoms with Gasteiger partial charge in [-0.15, -0.1) is 11.3 Å². The molecule has 0 N–H and O–H groups in total. The van der Waals surface area contributed by atoms with Gasteiger partial charge in [-0.3, -0.25) is 14.1 Å². The van der Waals surface area contributed by atoms with E-state index < -0.39 is 0 Å². The molecule has 0 radical (unpaired) electrons. The third-order valence-corrected chi connectivity index (χ3v) is 6.61. The molecule has 1 atom stereocenters. The van der Waals surface area contributed by atoms with Crippen molar-refractivity contribution in [3.05, 3.63) is 75.3 Å². The molecule has 1 unspecified atom stereocenters. The van der Waals surface area contributed by atoms with E-state index in [1.54, 1.807) is 10.5 Å². The highest BCUT2D eigenvalue weighted by molar-refractivity contribution is 7.18. The maximum atomic E-state index is 12.5. The van der Waals surface area contributed by atoms with Crippen LogP contribution in [-0.2, 0) is 6.54 Å². The molecule has 0 bridgehead atoms. The Bertz CT molecular complexity index is 1180. The first-order chi connectivity index (χ1) is 13.7. The molecule has 5 nitrogen and oxygen atoms in total. The fourth-order valence-electron chi connectivity index (χ4n) is 4.03. The van der Waals surface area contributed by atoms with E-state index in [0.29, 0.717) is 18.1 Å². The van der Waals surface area contributed by atoms with E-state index in [-0.39, 0.29) is 5.56 Å². The summed E-state index contributed by atoms with van der Waals surface area (Å²) in [6, 6.07) is 13.9. The zero-order valence-electron chi connectivity index (χ0n) is 15.8. The molecule has 142 valence electrons. The van der Waals surface area contributed by atoms with E-state index in [2.05, 4.69) is 23.1 Å². The van der Waals surface area contributed by atoms with Crippen LogP contribution in [0.2, 0.25) is 0 Å². The number of fused-ring (bicyclic) bond motifs is 2. The van der Waals surface area contributed by atoms with Crippen molar-refractivity contribution in [1.82, 2.24) is 19.3 Å². The van der Waals surface area contributed by atoms with Gasteiger partial charge in [0.15, 0.2) is 0 Å². The molecular formula is C22H22N4OS. The quantitative estimate of drug-likeness (QED) is 0.531. The maximum absolute atomic E-state index is 12.5. The topological polar surface area (TPSA) is 50.5 Å². The molecule has 1 aliphatic heterocycles. The lowest BCUT2D eigenvalue weighted by Gasteiger charge is -2.31. The summed E-state index contributed by atoms with van der Waals surface area (Å²) in [5.41, 5.74) is 3.70. The predicted octanol–water partition coefficient (Wildman–Crippen LogP) is 3.99. The number of rotatable bonds is 3. The Morgan fingerprint density at radius 1 is 1.18 bits per heavy atom. The lowest BCUT2D eigenvalue weighted by Crippen LogP contribution is -2.34. The summed E-state index contributed by atoms with van der Waals surface area (Å²) in [6.07, 6.45) is 4.16. The highest BCUT2D eigenvalue weighted by atomic mass is 32.1. The van der Waals surface area contributed by atoms with Crippen molar-refractivity contribution in [2.45, 2.75) is 32.2 Å². The molecule has 6 heteroatoms. The molecule has 0 spiro atoms. The molecule has 0 saturated carbocycles. The second-order valence-electron chi connectivity index (χ2n) is 7.61. The Kier molecular flexibility index (Phi) is 4.45. The first kappa shape index (κ1) is 17.5. The average Bonchev–Trinajstić information content (AvgIpc) is 3.13. The molecule has 5 rings (SSSR count). The molecule has 1 fully saturated rings. The predicted molar refractivity (Wildman–Crippen MR) is 113 cm³/mol. The third-order valence-electron chi connectivity index (χ3n) is 5.41. The molecule has 4 aromatic rings. The van der Waals surface area contributed by atoms with Crippen molar-refractivity contribution < 1.29 is 0 Å². The molecule has 1 aromatic carbocycles. The summed E-state index contributed by atoms with van der Waals surface area (Å²) in [4.78, 5) is 24.5. The fourth-order valence-corrected chi connectivity index (χ4v) is 5.13. The Balaban J connectivity index is 1.37. The maximum Gasteiger partial charge on any atom is 0.258 e. The van der Waals surface area contributed by atoms with E-state index in [1.807, 2.05) is 42.7 Å². The zero-order valence-corrected chi connectivity index (χ0v) is 16.7. The molecular weight excluding hydrogens is 368 g/mol. The van der Waals surface area contributed by atoms with E-state index >= 15 is 0 Å². The molecule has 4 heterocycles. The Morgan fingerprint density at radius 2 is 2.07 bits per heavy atom. The number of para-hydroxylation sites is 1. The molecule has 28 heavy (non-hydrogen) atoms. The lowest BCUT2D eigenvalue weighted by atomic mass is 9.98. The van der Waals surface area contributed by atoms with Crippen LogP contribution in [0, 0.1) is 6.92 Å². The van der Waals surface area contributed by atoms with Crippen LogP contribution >= 0.6 is 11.3 Å². The van der Waals surface area contributed by atoms with E-state index in [1.165, 1.54) is 16.1 Å². The third kappa shape index (κ3) is 3.34. The van der Waals surface area contributed by atoms with E-state index in [4.69, 9.17) is 9.97 Å². The highest BCUT2D eigenvalue weighted by Crippen LogP contribution is 2.33. The normalized spacial score (nSPS) is 18.1. The number of thiazole rings is 1. The van der Waals surface area contributed by atoms with Crippen molar-refractivity contribution in [3.8, 4) is 0 Å². The monoisotopic (exact) mass is 390 g/mol. The Labute approximate surface area is 167 Å². The number of likely N-dealkylation sites (tertiary alicyclic amines) is 1. The lowest BCUT2D eigenvalue weighted by molar-refractivity contribution is 0.198. The smallest absolute Gasteiger partial charge is 0.258 e. The van der Waals surface area contributed by atoms with Crippen LogP contribution in [0.1, 0.15) is 35.0 Å². The minimum Gasteiger partial charge on any atom is -0.297 e. The van der Waals surface area contributed by atoms with Gasteiger partial charge in [0, 0.05) is 31.3 Å². The van der Waals surface area contributed by atoms with Gasteiger partial charge in [-0.1, -0.05) is 18.2 Å². The minimum atomic E-state index is -0.0107. The second-order valence-corrected chi connectivity index (χ2v) is 8.68. The summed E-state index contributed by atoms with van der Waals surface area (Å²) >= 11 is 1.81. The SMILES string of the molecule is Cc1ccc2nc(CN3CCCC(c4nc5ccccc5s4)C3)cc(=O)n2c1. The van der Waals surface area contributed by atoms with Gasteiger partial charge in [0.25, 0.3) is 5.56 Å². The number of aryl methyl sites for hydroxylation is 1. The largest absolute Gasteiger partial charge is 0.297 e. The van der Waals surface area contributed by atoms with Crippen LogP contribution in [0.15, 0.2) is 53.5 Å². The number of benzene rings is 1. The number of piperidine rings is 1. The number of hydrogen-bond donors (Lipinski definition) is 0. The molecule has 0 aliphatic carbocycles. The average molecular weight is 391 g/mol. The fraction of sp³-hybridized carbons (Fsp3) is 0.318. The van der Waals surface area contributed by atoms with Gasteiger partial charge in [-0.25, -0.2) is 9.97 Å². The Morgan fingerprint density at radius 3 is 2.96 bits per heavy atom. The van der Waals surface area contributed by atoms with Crippen LogP contribution < -0.4 is 5.56 Å². The van der Waals surface area contributed by atoms with Crippen molar-refractivity contribution in [1.29, 1.82) is 0 Å². The van der Waals surface area contributed by atoms with Crippen LogP contribution in [0.25, 0.3) is 15.9 Å². The van der Waals surface area contributed by atoms with Gasteiger partial charge in [-0.05, 0) is 50.1 Å². The van der Waals surface area contributed by atoms with Gasteiger partial charge < -0.3 is 0 Å². The molecule has 0 amide bonds. The number of hydrogen-bond acceptors (Lipinski definition) is 5. The molecule has 1 aliphatic rings. The van der Waals surface area contributed by atoms with Crippen molar-refractivity contribution in [2.24, 2.45) is 0 Å². The second kappa shape index (κ2) is 7.11. The summed E-state index contributed by atoms with van der Waals surface area (Å²) in [6.45, 7) is 4.70. The number of nitrogens with zero attached hydrogens (tertiary/aromatic N) is 4. The van der Waals surface area contributed by atoms with Gasteiger partial charge in [0.1, 0.15) is 5.65 Å². The number of aromatic nitrogens is 3. The summed E-state index contributed by atoms with van der Waals surface area (Å²) in [5.74, 6) is 0.454. The van der Waals surface area contributed by atoms with Crippen molar-refractivity contribution in [3.63, 3.8) is 0 Å². The summed E-state index contributed by atoms with van der Waals surface area (Å²) < 4.78 is 2.88. The Hall–Kier alpha value is -2.57. The summed E-state index contributed by atoms with van der Waals surface area (Å²) in [5, 5.41) is 1.23. The van der Waals surface area contributed by atoms with Crippen LogP contribution in [-0.4, -0.2) is 32.4 Å². The zero-order chi connectivity index (χ0) is 19.1. The van der Waals surface area contributed by atoms with Crippen LogP contribution in [0.4, 0.5) is 0 Å². The highest BCUT2D eigenvalue weighted by Gasteiger charge is 2.24. The van der Waals surface area contributed by atoms with Crippen LogP contribution in [0.5, 0.6) is 0 Å². The van der Waals surface area contributed by atoms with Gasteiger partial charge in [0.2, 0.25) is 0 Å². The van der Waals surface area contributed by atoms with E-state index in [0.717, 1.165) is 36.3 Å².